The highest BCUT2D eigenvalue weighted by atomic mass is 16.3. The minimum Gasteiger partial charge on any atom is -0.393 e. The molecule has 5 rings (SSSR count). The molecule has 8 atom stereocenters. The third kappa shape index (κ3) is 2.92. The normalized spacial score (nSPS) is 48.6. The molecule has 1 aromatic rings. The van der Waals surface area contributed by atoms with Crippen LogP contribution in [0.25, 0.3) is 0 Å². The van der Waals surface area contributed by atoms with Gasteiger partial charge in [0, 0.05) is 11.0 Å². The minimum absolute atomic E-state index is 0.0803. The Hall–Kier alpha value is -1.30. The Morgan fingerprint density at radius 3 is 2.45 bits per heavy atom. The van der Waals surface area contributed by atoms with E-state index in [4.69, 9.17) is 0 Å². The van der Waals surface area contributed by atoms with Gasteiger partial charge in [-0.2, -0.15) is 0 Å². The summed E-state index contributed by atoms with van der Waals surface area (Å²) in [5.41, 5.74) is 0.433. The van der Waals surface area contributed by atoms with Gasteiger partial charge in [0.05, 0.1) is 6.10 Å². The second-order valence-electron chi connectivity index (χ2n) is 11.1. The van der Waals surface area contributed by atoms with Crippen LogP contribution < -0.4 is 0 Å². The van der Waals surface area contributed by atoms with Crippen LogP contribution in [0.2, 0.25) is 0 Å². The lowest BCUT2D eigenvalue weighted by atomic mass is 9.44. The summed E-state index contributed by atoms with van der Waals surface area (Å²) in [6.45, 7) is 4.86. The van der Waals surface area contributed by atoms with Crippen molar-refractivity contribution in [2.24, 2.45) is 34.5 Å². The summed E-state index contributed by atoms with van der Waals surface area (Å²) in [5, 5.41) is 21.9. The van der Waals surface area contributed by atoms with E-state index in [1.165, 1.54) is 25.7 Å². The first-order valence-electron chi connectivity index (χ1n) is 11.8. The van der Waals surface area contributed by atoms with Crippen LogP contribution in [-0.4, -0.2) is 21.9 Å². The van der Waals surface area contributed by atoms with Crippen LogP contribution in [0, 0.1) is 46.3 Å². The molecule has 0 unspecified atom stereocenters. The van der Waals surface area contributed by atoms with Crippen molar-refractivity contribution < 1.29 is 10.2 Å². The SMILES string of the molecule is C[C@@]12CC[C@@H](O)C[C@@H]1CC[C@H]1[C@H]3CC[C@@](O)(C#Cc4ccccc4)[C@]3(C)CC[C@@H]12. The summed E-state index contributed by atoms with van der Waals surface area (Å²) in [6, 6.07) is 10.1. The van der Waals surface area contributed by atoms with Crippen molar-refractivity contribution in [2.45, 2.75) is 83.3 Å². The Labute approximate surface area is 176 Å². The summed E-state index contributed by atoms with van der Waals surface area (Å²) in [5.74, 6) is 9.40. The quantitative estimate of drug-likeness (QED) is 0.598. The third-order valence-electron chi connectivity index (χ3n) is 9.98. The molecule has 1 aromatic carbocycles. The first-order valence-corrected chi connectivity index (χ1v) is 11.8. The van der Waals surface area contributed by atoms with E-state index in [0.29, 0.717) is 17.3 Å². The summed E-state index contributed by atoms with van der Waals surface area (Å²) in [6.07, 6.45) is 9.86. The molecular formula is C27H36O2. The zero-order chi connectivity index (χ0) is 20.3. The molecule has 156 valence electrons. The van der Waals surface area contributed by atoms with Crippen molar-refractivity contribution in [3.8, 4) is 11.8 Å². The van der Waals surface area contributed by atoms with Gasteiger partial charge in [0.2, 0.25) is 0 Å². The van der Waals surface area contributed by atoms with Gasteiger partial charge in [-0.1, -0.05) is 43.9 Å². The fraction of sp³-hybridized carbons (Fsp3) is 0.704. The molecule has 0 aromatic heterocycles. The highest BCUT2D eigenvalue weighted by Gasteiger charge is 2.64. The Morgan fingerprint density at radius 1 is 0.897 bits per heavy atom. The standard InChI is InChI=1S/C27H36O2/c1-25-14-11-21(28)18-20(25)8-9-22-23(25)12-15-26(2)24(22)13-17-27(26,29)16-10-19-6-4-3-5-7-19/h3-7,20-24,28-29H,8-9,11-15,17-18H2,1-2H3/t20-,21+,22+,23-,24+,25+,26+,27-/m0/s1. The number of aliphatic hydroxyl groups is 2. The molecule has 0 aliphatic heterocycles. The molecule has 0 spiro atoms. The predicted molar refractivity (Wildman–Crippen MR) is 116 cm³/mol. The maximum atomic E-state index is 11.7. The van der Waals surface area contributed by atoms with E-state index in [1.54, 1.807) is 0 Å². The molecule has 29 heavy (non-hydrogen) atoms. The Balaban J connectivity index is 1.42. The molecular weight excluding hydrogens is 356 g/mol. The molecule has 0 saturated heterocycles. The van der Waals surface area contributed by atoms with Gasteiger partial charge in [0.15, 0.2) is 0 Å². The Kier molecular flexibility index (Phi) is 4.65. The first kappa shape index (κ1) is 19.7. The lowest BCUT2D eigenvalue weighted by Gasteiger charge is -2.61. The van der Waals surface area contributed by atoms with Crippen LogP contribution in [0.5, 0.6) is 0 Å². The van der Waals surface area contributed by atoms with Crippen molar-refractivity contribution in [1.29, 1.82) is 0 Å². The zero-order valence-electron chi connectivity index (χ0n) is 18.0. The molecule has 4 aliphatic carbocycles. The van der Waals surface area contributed by atoms with E-state index in [9.17, 15) is 10.2 Å². The van der Waals surface area contributed by atoms with Crippen LogP contribution in [0.15, 0.2) is 30.3 Å². The molecule has 2 N–H and O–H groups in total. The van der Waals surface area contributed by atoms with E-state index >= 15 is 0 Å². The van der Waals surface area contributed by atoms with Crippen LogP contribution in [0.4, 0.5) is 0 Å². The Bertz CT molecular complexity index is 822. The second-order valence-corrected chi connectivity index (χ2v) is 11.1. The number of fused-ring (bicyclic) bond motifs is 5. The topological polar surface area (TPSA) is 40.5 Å². The molecule has 0 heterocycles. The Morgan fingerprint density at radius 2 is 1.66 bits per heavy atom. The average molecular weight is 393 g/mol. The van der Waals surface area contributed by atoms with Gasteiger partial charge in [-0.25, -0.2) is 0 Å². The van der Waals surface area contributed by atoms with Crippen LogP contribution in [0.3, 0.4) is 0 Å². The molecule has 4 fully saturated rings. The number of hydrogen-bond donors (Lipinski definition) is 2. The number of aliphatic hydroxyl groups excluding tert-OH is 1. The van der Waals surface area contributed by atoms with Gasteiger partial charge in [-0.15, -0.1) is 0 Å². The van der Waals surface area contributed by atoms with Crippen molar-refractivity contribution in [3.05, 3.63) is 35.9 Å². The van der Waals surface area contributed by atoms with Crippen LogP contribution in [-0.2, 0) is 0 Å². The number of benzene rings is 1. The second kappa shape index (κ2) is 6.86. The summed E-state index contributed by atoms with van der Waals surface area (Å²) in [7, 11) is 0. The van der Waals surface area contributed by atoms with E-state index in [0.717, 1.165) is 49.5 Å². The van der Waals surface area contributed by atoms with Crippen LogP contribution in [0.1, 0.15) is 77.2 Å². The largest absolute Gasteiger partial charge is 0.393 e. The van der Waals surface area contributed by atoms with Crippen molar-refractivity contribution in [1.82, 2.24) is 0 Å². The van der Waals surface area contributed by atoms with Gasteiger partial charge in [-0.05, 0) is 99.0 Å². The van der Waals surface area contributed by atoms with E-state index < -0.39 is 5.60 Å². The van der Waals surface area contributed by atoms with Gasteiger partial charge in [0.1, 0.15) is 5.60 Å². The monoisotopic (exact) mass is 392 g/mol. The summed E-state index contributed by atoms with van der Waals surface area (Å²) in [4.78, 5) is 0. The number of rotatable bonds is 0. The van der Waals surface area contributed by atoms with E-state index in [-0.39, 0.29) is 11.5 Å². The highest BCUT2D eigenvalue weighted by Crippen LogP contribution is 2.68. The molecule has 0 bridgehead atoms. The highest BCUT2D eigenvalue weighted by molar-refractivity contribution is 5.38. The number of hydrogen-bond acceptors (Lipinski definition) is 2. The van der Waals surface area contributed by atoms with Crippen molar-refractivity contribution in [3.63, 3.8) is 0 Å². The predicted octanol–water partition coefficient (Wildman–Crippen LogP) is 5.17. The van der Waals surface area contributed by atoms with Gasteiger partial charge < -0.3 is 10.2 Å². The molecule has 0 radical (unpaired) electrons. The van der Waals surface area contributed by atoms with Gasteiger partial charge in [-0.3, -0.25) is 0 Å². The lowest BCUT2D eigenvalue weighted by molar-refractivity contribution is -0.144. The maximum Gasteiger partial charge on any atom is 0.131 e. The van der Waals surface area contributed by atoms with E-state index in [2.05, 4.69) is 25.7 Å². The fourth-order valence-electron chi connectivity index (χ4n) is 8.15. The molecule has 4 aliphatic rings. The van der Waals surface area contributed by atoms with Gasteiger partial charge >= 0.3 is 0 Å². The average Bonchev–Trinajstić information content (AvgIpc) is 2.99. The molecule has 4 saturated carbocycles. The zero-order valence-corrected chi connectivity index (χ0v) is 18.0. The maximum absolute atomic E-state index is 11.7. The third-order valence-corrected chi connectivity index (χ3v) is 9.98. The smallest absolute Gasteiger partial charge is 0.131 e. The van der Waals surface area contributed by atoms with Gasteiger partial charge in [0.25, 0.3) is 0 Å². The fourth-order valence-corrected chi connectivity index (χ4v) is 8.15. The molecule has 2 nitrogen and oxygen atoms in total. The summed E-state index contributed by atoms with van der Waals surface area (Å²) < 4.78 is 0. The van der Waals surface area contributed by atoms with Crippen molar-refractivity contribution in [2.75, 3.05) is 0 Å². The summed E-state index contributed by atoms with van der Waals surface area (Å²) >= 11 is 0. The van der Waals surface area contributed by atoms with Crippen LogP contribution >= 0.6 is 0 Å². The van der Waals surface area contributed by atoms with Crippen molar-refractivity contribution >= 4 is 0 Å². The van der Waals surface area contributed by atoms with E-state index in [1.807, 2.05) is 30.3 Å². The lowest BCUT2D eigenvalue weighted by Crippen LogP contribution is -2.56. The molecule has 2 heteroatoms. The minimum atomic E-state index is -0.862. The first-order chi connectivity index (χ1) is 13.9. The molecule has 0 amide bonds.